The Labute approximate surface area is 220 Å². The zero-order valence-electron chi connectivity index (χ0n) is 21.3. The van der Waals surface area contributed by atoms with E-state index >= 15 is 0 Å². The van der Waals surface area contributed by atoms with Gasteiger partial charge in [-0.2, -0.15) is 0 Å². The zero-order valence-corrected chi connectivity index (χ0v) is 21.3. The Balaban J connectivity index is 1.47. The minimum atomic E-state index is -0.462. The van der Waals surface area contributed by atoms with Crippen LogP contribution in [0.5, 0.6) is 5.88 Å². The average Bonchev–Trinajstić information content (AvgIpc) is 3.27. The average molecular weight is 512 g/mol. The van der Waals surface area contributed by atoms with Crippen LogP contribution in [0.25, 0.3) is 10.9 Å². The van der Waals surface area contributed by atoms with Crippen LogP contribution in [0.2, 0.25) is 0 Å². The lowest BCUT2D eigenvalue weighted by Gasteiger charge is -2.32. The summed E-state index contributed by atoms with van der Waals surface area (Å²) >= 11 is 0. The van der Waals surface area contributed by atoms with Crippen molar-refractivity contribution in [3.05, 3.63) is 95.1 Å². The molecule has 0 aliphatic carbocycles. The van der Waals surface area contributed by atoms with Gasteiger partial charge in [-0.3, -0.25) is 10.2 Å². The molecule has 38 heavy (non-hydrogen) atoms. The van der Waals surface area contributed by atoms with Gasteiger partial charge in [-0.05, 0) is 43.4 Å². The summed E-state index contributed by atoms with van der Waals surface area (Å²) in [5.41, 5.74) is 6.95. The molecule has 0 unspecified atom stereocenters. The lowest BCUT2D eigenvalue weighted by Crippen LogP contribution is -2.52. The van der Waals surface area contributed by atoms with E-state index in [0.29, 0.717) is 39.0 Å². The number of nitrogens with zero attached hydrogens (tertiary/aromatic N) is 3. The summed E-state index contributed by atoms with van der Waals surface area (Å²) in [5.74, 6) is -0.687. The number of carbonyl (C=O) groups is 2. The summed E-state index contributed by atoms with van der Waals surface area (Å²) in [4.78, 5) is 34.8. The Hall–Kier alpha value is -4.47. The number of benzene rings is 3. The quantitative estimate of drug-likeness (QED) is 0.269. The van der Waals surface area contributed by atoms with Crippen molar-refractivity contribution in [2.75, 3.05) is 40.3 Å². The Bertz CT molecular complexity index is 1490. The Morgan fingerprint density at radius 2 is 1.61 bits per heavy atom. The SMILES string of the molecule is COC(=O)c1ccc2c(C(=Nc3ccc(C(=O)NN4CCN(C)CC4)cc3)c3ccccc3)c(O)[nH]c2c1. The number of piperazine rings is 1. The highest BCUT2D eigenvalue weighted by atomic mass is 16.5. The first kappa shape index (κ1) is 25.2. The number of esters is 1. The number of amides is 1. The van der Waals surface area contributed by atoms with Crippen LogP contribution < -0.4 is 5.43 Å². The number of hydrazine groups is 1. The van der Waals surface area contributed by atoms with Gasteiger partial charge in [0.1, 0.15) is 0 Å². The number of rotatable bonds is 6. The van der Waals surface area contributed by atoms with Gasteiger partial charge in [0.05, 0.1) is 29.6 Å². The highest BCUT2D eigenvalue weighted by molar-refractivity contribution is 6.22. The van der Waals surface area contributed by atoms with E-state index in [1.54, 1.807) is 42.5 Å². The van der Waals surface area contributed by atoms with E-state index in [4.69, 9.17) is 9.73 Å². The summed E-state index contributed by atoms with van der Waals surface area (Å²) < 4.78 is 4.82. The molecule has 0 spiro atoms. The third kappa shape index (κ3) is 5.29. The van der Waals surface area contributed by atoms with Gasteiger partial charge in [-0.15, -0.1) is 0 Å². The molecule has 9 nitrogen and oxygen atoms in total. The summed E-state index contributed by atoms with van der Waals surface area (Å²) in [7, 11) is 3.39. The van der Waals surface area contributed by atoms with Gasteiger partial charge in [-0.1, -0.05) is 36.4 Å². The number of aromatic hydroxyl groups is 1. The Morgan fingerprint density at radius 3 is 2.29 bits per heavy atom. The number of aliphatic imine (C=N–C) groups is 1. The number of ether oxygens (including phenoxy) is 1. The third-order valence-corrected chi connectivity index (χ3v) is 6.62. The van der Waals surface area contributed by atoms with Crippen LogP contribution in [-0.4, -0.2) is 77.9 Å². The number of hydrogen-bond donors (Lipinski definition) is 3. The molecule has 1 aliphatic rings. The number of hydrogen-bond acceptors (Lipinski definition) is 7. The predicted octanol–water partition coefficient (Wildman–Crippen LogP) is 3.72. The van der Waals surface area contributed by atoms with E-state index in [1.165, 1.54) is 7.11 Å². The fraction of sp³-hybridized carbons (Fsp3) is 0.207. The maximum atomic E-state index is 12.8. The van der Waals surface area contributed by atoms with Crippen molar-refractivity contribution in [1.29, 1.82) is 0 Å². The molecule has 3 aromatic carbocycles. The smallest absolute Gasteiger partial charge is 0.337 e. The molecule has 4 aromatic rings. The molecule has 1 saturated heterocycles. The van der Waals surface area contributed by atoms with Crippen LogP contribution in [0.3, 0.4) is 0 Å². The van der Waals surface area contributed by atoms with Crippen LogP contribution in [0.1, 0.15) is 31.8 Å². The zero-order chi connectivity index (χ0) is 26.6. The molecule has 2 heterocycles. The molecule has 5 rings (SSSR count). The van der Waals surface area contributed by atoms with Crippen molar-refractivity contribution in [2.24, 2.45) is 4.99 Å². The number of methoxy groups -OCH3 is 1. The van der Waals surface area contributed by atoms with Crippen molar-refractivity contribution in [3.63, 3.8) is 0 Å². The molecule has 194 valence electrons. The highest BCUT2D eigenvalue weighted by Crippen LogP contribution is 2.32. The van der Waals surface area contributed by atoms with Crippen LogP contribution in [0, 0.1) is 0 Å². The Morgan fingerprint density at radius 1 is 0.921 bits per heavy atom. The fourth-order valence-electron chi connectivity index (χ4n) is 4.47. The van der Waals surface area contributed by atoms with E-state index in [-0.39, 0.29) is 11.8 Å². The van der Waals surface area contributed by atoms with Crippen molar-refractivity contribution in [1.82, 2.24) is 20.3 Å². The topological polar surface area (TPSA) is 110 Å². The second-order valence-electron chi connectivity index (χ2n) is 9.21. The molecule has 1 aromatic heterocycles. The number of likely N-dealkylation sites (N-methyl/N-ethyl adjacent to an activating group) is 1. The minimum Gasteiger partial charge on any atom is -0.494 e. The number of aromatic amines is 1. The molecule has 1 aliphatic heterocycles. The van der Waals surface area contributed by atoms with Gasteiger partial charge < -0.3 is 19.7 Å². The molecule has 0 bridgehead atoms. The summed E-state index contributed by atoms with van der Waals surface area (Å²) in [5, 5.41) is 13.6. The minimum absolute atomic E-state index is 0.0622. The van der Waals surface area contributed by atoms with Crippen molar-refractivity contribution in [3.8, 4) is 5.88 Å². The van der Waals surface area contributed by atoms with Crippen molar-refractivity contribution >= 4 is 34.2 Å². The van der Waals surface area contributed by atoms with Gasteiger partial charge in [0.2, 0.25) is 0 Å². The normalized spacial score (nSPS) is 14.9. The van der Waals surface area contributed by atoms with Gasteiger partial charge in [0.25, 0.3) is 5.91 Å². The first-order valence-electron chi connectivity index (χ1n) is 12.3. The Kier molecular flexibility index (Phi) is 7.21. The number of H-pyrrole nitrogens is 1. The van der Waals surface area contributed by atoms with Crippen LogP contribution in [0.4, 0.5) is 5.69 Å². The molecule has 3 N–H and O–H groups in total. The molecule has 0 saturated carbocycles. The summed E-state index contributed by atoms with van der Waals surface area (Å²) in [6.45, 7) is 3.36. The van der Waals surface area contributed by atoms with Crippen LogP contribution >= 0.6 is 0 Å². The van der Waals surface area contributed by atoms with E-state index in [0.717, 1.165) is 31.7 Å². The molecule has 1 amide bonds. The molecule has 0 atom stereocenters. The number of carbonyl (C=O) groups excluding carboxylic acids is 2. The van der Waals surface area contributed by atoms with E-state index in [9.17, 15) is 14.7 Å². The van der Waals surface area contributed by atoms with E-state index in [1.807, 2.05) is 35.3 Å². The summed E-state index contributed by atoms with van der Waals surface area (Å²) in [6, 6.07) is 21.6. The van der Waals surface area contributed by atoms with Crippen LogP contribution in [0.15, 0.2) is 77.8 Å². The van der Waals surface area contributed by atoms with Gasteiger partial charge in [0.15, 0.2) is 5.88 Å². The van der Waals surface area contributed by atoms with Gasteiger partial charge in [0, 0.05) is 48.2 Å². The van der Waals surface area contributed by atoms with Gasteiger partial charge >= 0.3 is 5.97 Å². The van der Waals surface area contributed by atoms with E-state index < -0.39 is 5.97 Å². The van der Waals surface area contributed by atoms with E-state index in [2.05, 4.69) is 22.4 Å². The molecule has 1 fully saturated rings. The van der Waals surface area contributed by atoms with Crippen molar-refractivity contribution < 1.29 is 19.4 Å². The lowest BCUT2D eigenvalue weighted by atomic mass is 10.00. The summed E-state index contributed by atoms with van der Waals surface area (Å²) in [6.07, 6.45) is 0. The maximum absolute atomic E-state index is 12.8. The van der Waals surface area contributed by atoms with Crippen LogP contribution in [-0.2, 0) is 4.74 Å². The molecule has 0 radical (unpaired) electrons. The largest absolute Gasteiger partial charge is 0.494 e. The fourth-order valence-corrected chi connectivity index (χ4v) is 4.47. The second kappa shape index (κ2) is 10.9. The van der Waals surface area contributed by atoms with Gasteiger partial charge in [-0.25, -0.2) is 14.8 Å². The first-order valence-corrected chi connectivity index (χ1v) is 12.3. The standard InChI is InChI=1S/C29H29N5O4/c1-33-14-16-34(17-15-33)32-27(35)20-8-11-22(12-9-20)30-26(19-6-4-3-5-7-19)25-23-13-10-21(29(37)38-2)18-24(23)31-28(25)36/h3-13,18,31,36H,14-17H2,1-2H3,(H,32,35). The lowest BCUT2D eigenvalue weighted by molar-refractivity contribution is 0.0600. The second-order valence-corrected chi connectivity index (χ2v) is 9.21. The first-order chi connectivity index (χ1) is 18.4. The highest BCUT2D eigenvalue weighted by Gasteiger charge is 2.20. The number of fused-ring (bicyclic) bond motifs is 1. The number of aromatic nitrogens is 1. The molecule has 9 heteroatoms. The maximum Gasteiger partial charge on any atom is 0.337 e. The van der Waals surface area contributed by atoms with Crippen molar-refractivity contribution in [2.45, 2.75) is 0 Å². The third-order valence-electron chi connectivity index (χ3n) is 6.62. The molecular formula is C29H29N5O4. The molecular weight excluding hydrogens is 482 g/mol. The monoisotopic (exact) mass is 511 g/mol. The number of nitrogens with one attached hydrogen (secondary N) is 2. The predicted molar refractivity (Wildman–Crippen MR) is 146 cm³/mol.